The van der Waals surface area contributed by atoms with Crippen LogP contribution in [0.2, 0.25) is 5.02 Å². The first kappa shape index (κ1) is 14.2. The molecule has 2 rings (SSSR count). The van der Waals surface area contributed by atoms with Gasteiger partial charge in [0.2, 0.25) is 6.08 Å². The highest BCUT2D eigenvalue weighted by Gasteiger charge is 2.36. The Balaban J connectivity index is 2.46. The maximum absolute atomic E-state index is 12.6. The number of rotatable bonds is 3. The van der Waals surface area contributed by atoms with Gasteiger partial charge in [-0.1, -0.05) is 11.6 Å². The van der Waals surface area contributed by atoms with E-state index in [9.17, 15) is 13.2 Å². The average Bonchev–Trinajstić information content (AvgIpc) is 2.70. The first-order valence-electron chi connectivity index (χ1n) is 5.75. The number of isocyanates is 1. The van der Waals surface area contributed by atoms with Crippen LogP contribution < -0.4 is 0 Å². The maximum Gasteiger partial charge on any atom is 0.263 e. The molecule has 0 bridgehead atoms. The van der Waals surface area contributed by atoms with Crippen LogP contribution in [0.3, 0.4) is 0 Å². The van der Waals surface area contributed by atoms with Crippen LogP contribution >= 0.6 is 11.6 Å². The molecule has 0 amide bonds. The zero-order valence-electron chi connectivity index (χ0n) is 10.3. The molecule has 1 aliphatic rings. The number of hydrogen-bond donors (Lipinski definition) is 0. The molecule has 0 saturated carbocycles. The van der Waals surface area contributed by atoms with Crippen LogP contribution in [0.25, 0.3) is 0 Å². The molecule has 19 heavy (non-hydrogen) atoms. The molecule has 9 heteroatoms. The second kappa shape index (κ2) is 5.42. The second-order valence-electron chi connectivity index (χ2n) is 4.23. The van der Waals surface area contributed by atoms with Crippen molar-refractivity contribution in [3.8, 4) is 0 Å². The third-order valence-corrected chi connectivity index (χ3v) is 5.43. The third-order valence-electron chi connectivity index (χ3n) is 3.02. The average molecular weight is 305 g/mol. The molecule has 1 atom stereocenters. The van der Waals surface area contributed by atoms with Crippen molar-refractivity contribution in [1.82, 2.24) is 14.1 Å². The van der Waals surface area contributed by atoms with E-state index in [-0.39, 0.29) is 10.0 Å². The molecule has 104 valence electrons. The zero-order valence-corrected chi connectivity index (χ0v) is 11.9. The minimum atomic E-state index is -3.82. The third kappa shape index (κ3) is 2.57. The first-order valence-corrected chi connectivity index (χ1v) is 7.56. The number of aromatic nitrogens is 2. The summed E-state index contributed by atoms with van der Waals surface area (Å²) < 4.78 is 27.5. The van der Waals surface area contributed by atoms with Gasteiger partial charge in [0, 0.05) is 13.6 Å². The van der Waals surface area contributed by atoms with Gasteiger partial charge >= 0.3 is 0 Å². The fourth-order valence-electron chi connectivity index (χ4n) is 2.16. The molecular weight excluding hydrogens is 292 g/mol. The van der Waals surface area contributed by atoms with Gasteiger partial charge in [0.25, 0.3) is 10.0 Å². The largest absolute Gasteiger partial charge is 0.263 e. The molecule has 0 spiro atoms. The lowest BCUT2D eigenvalue weighted by Gasteiger charge is -2.30. The summed E-state index contributed by atoms with van der Waals surface area (Å²) in [6, 6.07) is 0. The van der Waals surface area contributed by atoms with Crippen molar-refractivity contribution in [1.29, 1.82) is 0 Å². The summed E-state index contributed by atoms with van der Waals surface area (Å²) in [4.78, 5) is 14.0. The summed E-state index contributed by atoms with van der Waals surface area (Å²) in [5.41, 5.74) is 0. The maximum atomic E-state index is 12.6. The molecule has 1 unspecified atom stereocenters. The molecule has 2 heterocycles. The fourth-order valence-corrected chi connectivity index (χ4v) is 4.36. The molecule has 7 nitrogen and oxygen atoms in total. The molecular formula is C10H13ClN4O3S. The van der Waals surface area contributed by atoms with E-state index in [4.69, 9.17) is 11.6 Å². The summed E-state index contributed by atoms with van der Waals surface area (Å²) in [7, 11) is -2.32. The van der Waals surface area contributed by atoms with E-state index >= 15 is 0 Å². The van der Waals surface area contributed by atoms with Crippen LogP contribution in [-0.4, -0.2) is 41.3 Å². The minimum absolute atomic E-state index is 0.0573. The van der Waals surface area contributed by atoms with E-state index in [0.29, 0.717) is 13.0 Å². The van der Waals surface area contributed by atoms with Crippen LogP contribution in [0, 0.1) is 0 Å². The standard InChI is InChI=1S/C10H13ClN4O3S/c1-14-10(8(11)6-13-14)19(17,18)15-5-3-2-4-9(15)12-7-16/h6,9H,2-5H2,1H3. The van der Waals surface area contributed by atoms with Crippen molar-refractivity contribution in [2.75, 3.05) is 6.54 Å². The number of sulfonamides is 1. The van der Waals surface area contributed by atoms with Gasteiger partial charge in [0.05, 0.1) is 11.2 Å². The van der Waals surface area contributed by atoms with E-state index < -0.39 is 16.2 Å². The Bertz CT molecular complexity index is 601. The number of carbonyl (C=O) groups excluding carboxylic acids is 1. The van der Waals surface area contributed by atoms with Crippen LogP contribution in [0.4, 0.5) is 0 Å². The molecule has 0 radical (unpaired) electrons. The Morgan fingerprint density at radius 2 is 2.26 bits per heavy atom. The Morgan fingerprint density at radius 1 is 1.53 bits per heavy atom. The summed E-state index contributed by atoms with van der Waals surface area (Å²) in [6.07, 6.45) is 4.04. The SMILES string of the molecule is Cn1ncc(Cl)c1S(=O)(=O)N1CCCCC1N=C=O. The van der Waals surface area contributed by atoms with Gasteiger partial charge in [0.15, 0.2) is 5.03 Å². The highest BCUT2D eigenvalue weighted by Crippen LogP contribution is 2.29. The van der Waals surface area contributed by atoms with E-state index in [1.807, 2.05) is 0 Å². The molecule has 0 N–H and O–H groups in total. The van der Waals surface area contributed by atoms with Crippen molar-refractivity contribution in [2.24, 2.45) is 12.0 Å². The molecule has 0 aromatic carbocycles. The predicted molar refractivity (Wildman–Crippen MR) is 67.9 cm³/mol. The normalized spacial score (nSPS) is 21.1. The van der Waals surface area contributed by atoms with E-state index in [1.165, 1.54) is 28.3 Å². The monoisotopic (exact) mass is 304 g/mol. The lowest BCUT2D eigenvalue weighted by molar-refractivity contribution is 0.258. The smallest absolute Gasteiger partial charge is 0.255 e. The molecule has 0 aliphatic carbocycles. The van der Waals surface area contributed by atoms with Gasteiger partial charge in [-0.05, 0) is 19.3 Å². The van der Waals surface area contributed by atoms with Gasteiger partial charge in [-0.15, -0.1) is 0 Å². The summed E-state index contributed by atoms with van der Waals surface area (Å²) in [6.45, 7) is 0.305. The molecule has 1 aromatic heterocycles. The van der Waals surface area contributed by atoms with Gasteiger partial charge < -0.3 is 0 Å². The highest BCUT2D eigenvalue weighted by molar-refractivity contribution is 7.89. The van der Waals surface area contributed by atoms with Crippen LogP contribution in [0.15, 0.2) is 16.2 Å². The van der Waals surface area contributed by atoms with Gasteiger partial charge in [-0.25, -0.2) is 13.2 Å². The van der Waals surface area contributed by atoms with Crippen LogP contribution in [0.1, 0.15) is 19.3 Å². The van der Waals surface area contributed by atoms with Crippen molar-refractivity contribution in [3.05, 3.63) is 11.2 Å². The number of nitrogens with zero attached hydrogens (tertiary/aromatic N) is 4. The molecule has 1 saturated heterocycles. The number of halogens is 1. The number of aryl methyl sites for hydroxylation is 1. The van der Waals surface area contributed by atoms with Gasteiger partial charge in [-0.3, -0.25) is 4.68 Å². The summed E-state index contributed by atoms with van der Waals surface area (Å²) in [5, 5.41) is 3.80. The first-order chi connectivity index (χ1) is 8.98. The second-order valence-corrected chi connectivity index (χ2v) is 6.45. The van der Waals surface area contributed by atoms with Crippen molar-refractivity contribution < 1.29 is 13.2 Å². The molecule has 1 fully saturated rings. The molecule has 1 aromatic rings. The quantitative estimate of drug-likeness (QED) is 0.613. The van der Waals surface area contributed by atoms with Gasteiger partial charge in [0.1, 0.15) is 6.17 Å². The van der Waals surface area contributed by atoms with Crippen molar-refractivity contribution in [3.63, 3.8) is 0 Å². The predicted octanol–water partition coefficient (Wildman–Crippen LogP) is 0.910. The van der Waals surface area contributed by atoms with Crippen molar-refractivity contribution >= 4 is 27.7 Å². The van der Waals surface area contributed by atoms with Crippen molar-refractivity contribution in [2.45, 2.75) is 30.5 Å². The van der Waals surface area contributed by atoms with E-state index in [1.54, 1.807) is 0 Å². The Hall–Kier alpha value is -1.21. The van der Waals surface area contributed by atoms with Gasteiger partial charge in [-0.2, -0.15) is 14.4 Å². The molecule has 1 aliphatic heterocycles. The van der Waals surface area contributed by atoms with Crippen LogP contribution in [-0.2, 0) is 21.9 Å². The topological polar surface area (TPSA) is 84.6 Å². The Labute approximate surface area is 115 Å². The summed E-state index contributed by atoms with van der Waals surface area (Å²) in [5.74, 6) is 0. The van der Waals surface area contributed by atoms with E-state index in [0.717, 1.165) is 12.8 Å². The van der Waals surface area contributed by atoms with E-state index in [2.05, 4.69) is 10.1 Å². The lowest BCUT2D eigenvalue weighted by Crippen LogP contribution is -2.43. The highest BCUT2D eigenvalue weighted by atomic mass is 35.5. The number of piperidine rings is 1. The fraction of sp³-hybridized carbons (Fsp3) is 0.600. The number of aliphatic imine (C=N–C) groups is 1. The Morgan fingerprint density at radius 3 is 2.84 bits per heavy atom. The Kier molecular flexibility index (Phi) is 4.05. The number of hydrogen-bond acceptors (Lipinski definition) is 5. The van der Waals surface area contributed by atoms with Crippen LogP contribution in [0.5, 0.6) is 0 Å². The zero-order chi connectivity index (χ0) is 14.0. The summed E-state index contributed by atoms with van der Waals surface area (Å²) >= 11 is 5.88. The minimum Gasteiger partial charge on any atom is -0.255 e. The lowest BCUT2D eigenvalue weighted by atomic mass is 10.1.